The van der Waals surface area contributed by atoms with Crippen LogP contribution in [0.25, 0.3) is 6.08 Å². The van der Waals surface area contributed by atoms with Gasteiger partial charge in [-0.15, -0.1) is 3.89 Å². The molecule has 0 saturated carbocycles. The zero-order valence-corrected chi connectivity index (χ0v) is 8.87. The average molecular weight is 229 g/mol. The lowest BCUT2D eigenvalue weighted by Crippen LogP contribution is -1.95. The van der Waals surface area contributed by atoms with E-state index < -0.39 is 10.2 Å². The number of nitrogens with two attached hydrogens (primary N) is 1. The minimum atomic E-state index is -4.59. The maximum absolute atomic E-state index is 12.5. The smallest absolute Gasteiger partial charge is 0.330 e. The zero-order valence-electron chi connectivity index (χ0n) is 8.06. The van der Waals surface area contributed by atoms with Gasteiger partial charge in [0.25, 0.3) is 0 Å². The van der Waals surface area contributed by atoms with Gasteiger partial charge in [-0.1, -0.05) is 24.3 Å². The average Bonchev–Trinajstić information content (AvgIpc) is 2.18. The van der Waals surface area contributed by atoms with Crippen molar-refractivity contribution in [3.63, 3.8) is 0 Å². The van der Waals surface area contributed by atoms with Crippen molar-refractivity contribution < 1.29 is 12.3 Å². The first-order chi connectivity index (χ1) is 7.04. The molecule has 15 heavy (non-hydrogen) atoms. The summed E-state index contributed by atoms with van der Waals surface area (Å²) in [5.41, 5.74) is 6.11. The molecule has 3 nitrogen and oxygen atoms in total. The molecule has 1 rings (SSSR count). The third-order valence-corrected chi connectivity index (χ3v) is 2.64. The molecule has 2 N–H and O–H groups in total. The molecule has 0 unspecified atom stereocenters. The molecule has 82 valence electrons. The summed E-state index contributed by atoms with van der Waals surface area (Å²) in [7, 11) is -4.59. The topological polar surface area (TPSA) is 60.2 Å². The van der Waals surface area contributed by atoms with E-state index in [4.69, 9.17) is 5.73 Å². The van der Waals surface area contributed by atoms with Crippen LogP contribution in [-0.4, -0.2) is 15.0 Å². The highest BCUT2D eigenvalue weighted by Gasteiger charge is 2.09. The summed E-state index contributed by atoms with van der Waals surface area (Å²) in [6.07, 6.45) is 4.43. The molecular formula is C10H12FNO2S. The van der Waals surface area contributed by atoms with Crippen LogP contribution in [0.15, 0.2) is 35.2 Å². The van der Waals surface area contributed by atoms with E-state index in [0.717, 1.165) is 12.0 Å². The number of hydrogen-bond donors (Lipinski definition) is 1. The van der Waals surface area contributed by atoms with Gasteiger partial charge in [0.05, 0.1) is 4.90 Å². The van der Waals surface area contributed by atoms with Gasteiger partial charge in [0.2, 0.25) is 0 Å². The van der Waals surface area contributed by atoms with Crippen LogP contribution in [-0.2, 0) is 10.2 Å². The molecule has 0 aliphatic heterocycles. The first-order valence-electron chi connectivity index (χ1n) is 4.45. The van der Waals surface area contributed by atoms with Crippen molar-refractivity contribution in [2.45, 2.75) is 11.3 Å². The standard InChI is InChI=1S/C10H12FNO2S/c11-15(13,14)10-6-4-9(5-7-10)3-1-2-8-12/h1,3-7H,2,8,12H2. The lowest BCUT2D eigenvalue weighted by Gasteiger charge is -1.96. The van der Waals surface area contributed by atoms with E-state index in [1.165, 1.54) is 12.1 Å². The van der Waals surface area contributed by atoms with Gasteiger partial charge in [-0.3, -0.25) is 0 Å². The Bertz CT molecular complexity index is 437. The molecule has 0 aromatic heterocycles. The van der Waals surface area contributed by atoms with E-state index in [-0.39, 0.29) is 4.90 Å². The molecule has 0 bridgehead atoms. The predicted octanol–water partition coefficient (Wildman–Crippen LogP) is 1.71. The molecule has 0 spiro atoms. The molecule has 0 aliphatic carbocycles. The van der Waals surface area contributed by atoms with Crippen molar-refractivity contribution in [1.82, 2.24) is 0 Å². The molecule has 0 amide bonds. The van der Waals surface area contributed by atoms with Gasteiger partial charge in [0.1, 0.15) is 0 Å². The summed E-state index contributed by atoms with van der Waals surface area (Å²) in [5.74, 6) is 0. The lowest BCUT2D eigenvalue weighted by molar-refractivity contribution is 0.552. The van der Waals surface area contributed by atoms with E-state index in [0.29, 0.717) is 6.54 Å². The highest BCUT2D eigenvalue weighted by atomic mass is 32.3. The molecule has 5 heteroatoms. The molecule has 1 aromatic carbocycles. The summed E-state index contributed by atoms with van der Waals surface area (Å²) in [6.45, 7) is 0.563. The van der Waals surface area contributed by atoms with Crippen molar-refractivity contribution >= 4 is 16.3 Å². The van der Waals surface area contributed by atoms with Crippen LogP contribution < -0.4 is 5.73 Å². The van der Waals surface area contributed by atoms with Crippen LogP contribution in [0.5, 0.6) is 0 Å². The van der Waals surface area contributed by atoms with Crippen LogP contribution in [0.3, 0.4) is 0 Å². The van der Waals surface area contributed by atoms with E-state index in [2.05, 4.69) is 0 Å². The van der Waals surface area contributed by atoms with Gasteiger partial charge < -0.3 is 5.73 Å². The zero-order chi connectivity index (χ0) is 11.3. The Morgan fingerprint density at radius 3 is 2.33 bits per heavy atom. The van der Waals surface area contributed by atoms with E-state index in [1.54, 1.807) is 12.1 Å². The third kappa shape index (κ3) is 3.81. The highest BCUT2D eigenvalue weighted by molar-refractivity contribution is 7.86. The summed E-state index contributed by atoms with van der Waals surface area (Å²) >= 11 is 0. The molecule has 0 atom stereocenters. The van der Waals surface area contributed by atoms with E-state index >= 15 is 0 Å². The van der Waals surface area contributed by atoms with Crippen molar-refractivity contribution in [3.05, 3.63) is 35.9 Å². The maximum atomic E-state index is 12.5. The Labute approximate surface area is 88.6 Å². The Morgan fingerprint density at radius 1 is 1.27 bits per heavy atom. The van der Waals surface area contributed by atoms with Crippen LogP contribution >= 0.6 is 0 Å². The summed E-state index contributed by atoms with van der Waals surface area (Å²) in [4.78, 5) is -0.321. The summed E-state index contributed by atoms with van der Waals surface area (Å²) in [6, 6.07) is 5.55. The van der Waals surface area contributed by atoms with Crippen molar-refractivity contribution in [3.8, 4) is 0 Å². The minimum absolute atomic E-state index is 0.321. The molecular weight excluding hydrogens is 217 g/mol. The first kappa shape index (κ1) is 11.9. The van der Waals surface area contributed by atoms with Gasteiger partial charge >= 0.3 is 10.2 Å². The van der Waals surface area contributed by atoms with Gasteiger partial charge in [0, 0.05) is 0 Å². The summed E-state index contributed by atoms with van der Waals surface area (Å²) < 4.78 is 33.5. The SMILES string of the molecule is NCCC=Cc1ccc(S(=O)(=O)F)cc1. The van der Waals surface area contributed by atoms with E-state index in [1.807, 2.05) is 12.2 Å². The van der Waals surface area contributed by atoms with Crippen LogP contribution in [0.1, 0.15) is 12.0 Å². The van der Waals surface area contributed by atoms with Crippen molar-refractivity contribution in [2.24, 2.45) is 5.73 Å². The van der Waals surface area contributed by atoms with E-state index in [9.17, 15) is 12.3 Å². The molecule has 1 aromatic rings. The Morgan fingerprint density at radius 2 is 1.87 bits per heavy atom. The largest absolute Gasteiger partial charge is 0.332 e. The molecule has 0 aliphatic rings. The van der Waals surface area contributed by atoms with Crippen molar-refractivity contribution in [1.29, 1.82) is 0 Å². The van der Waals surface area contributed by atoms with Gasteiger partial charge in [-0.25, -0.2) is 0 Å². The fourth-order valence-electron chi connectivity index (χ4n) is 1.06. The van der Waals surface area contributed by atoms with Crippen LogP contribution in [0, 0.1) is 0 Å². The predicted molar refractivity (Wildman–Crippen MR) is 57.4 cm³/mol. The summed E-state index contributed by atoms with van der Waals surface area (Å²) in [5, 5.41) is 0. The fourth-order valence-corrected chi connectivity index (χ4v) is 1.52. The number of rotatable bonds is 4. The monoisotopic (exact) mass is 229 g/mol. The maximum Gasteiger partial charge on any atom is 0.332 e. The third-order valence-electron chi connectivity index (χ3n) is 1.81. The molecule has 0 radical (unpaired) electrons. The second kappa shape index (κ2) is 5.04. The van der Waals surface area contributed by atoms with Crippen molar-refractivity contribution in [2.75, 3.05) is 6.54 Å². The first-order valence-corrected chi connectivity index (χ1v) is 5.84. The Hall–Kier alpha value is -1.20. The van der Waals surface area contributed by atoms with Crippen LogP contribution in [0.4, 0.5) is 3.89 Å². The number of hydrogen-bond acceptors (Lipinski definition) is 3. The normalized spacial score (nSPS) is 12.1. The van der Waals surface area contributed by atoms with Gasteiger partial charge in [0.15, 0.2) is 0 Å². The molecule has 0 fully saturated rings. The lowest BCUT2D eigenvalue weighted by atomic mass is 10.2. The van der Waals surface area contributed by atoms with Gasteiger partial charge in [-0.2, -0.15) is 8.42 Å². The highest BCUT2D eigenvalue weighted by Crippen LogP contribution is 2.13. The minimum Gasteiger partial charge on any atom is -0.330 e. The Kier molecular flexibility index (Phi) is 3.99. The molecule has 0 saturated heterocycles. The second-order valence-corrected chi connectivity index (χ2v) is 4.33. The fraction of sp³-hybridized carbons (Fsp3) is 0.200. The second-order valence-electron chi connectivity index (χ2n) is 2.99. The Balaban J connectivity index is 2.82. The quantitative estimate of drug-likeness (QED) is 0.799. The van der Waals surface area contributed by atoms with Crippen LogP contribution in [0.2, 0.25) is 0 Å². The molecule has 0 heterocycles. The number of benzene rings is 1. The number of halogens is 1. The van der Waals surface area contributed by atoms with Gasteiger partial charge in [-0.05, 0) is 30.7 Å².